The highest BCUT2D eigenvalue weighted by Gasteiger charge is 2.40. The van der Waals surface area contributed by atoms with E-state index in [1.165, 1.54) is 22.2 Å². The van der Waals surface area contributed by atoms with Crippen LogP contribution in [0.3, 0.4) is 0 Å². The summed E-state index contributed by atoms with van der Waals surface area (Å²) in [6, 6.07) is 6.13. The summed E-state index contributed by atoms with van der Waals surface area (Å²) in [5.74, 6) is -4.11. The van der Waals surface area contributed by atoms with Gasteiger partial charge in [0.05, 0.1) is 33.2 Å². The lowest BCUT2D eigenvalue weighted by Gasteiger charge is -2.18. The highest BCUT2D eigenvalue weighted by Crippen LogP contribution is 2.29. The lowest BCUT2D eigenvalue weighted by Crippen LogP contribution is -2.42. The van der Waals surface area contributed by atoms with Crippen molar-refractivity contribution >= 4 is 28.8 Å². The lowest BCUT2D eigenvalue weighted by molar-refractivity contribution is -0.170. The van der Waals surface area contributed by atoms with Crippen LogP contribution in [0.2, 0.25) is 0 Å². The fraction of sp³-hybridized carbons (Fsp3) is 0.389. The molecule has 1 aromatic carbocycles. The van der Waals surface area contributed by atoms with Crippen LogP contribution < -0.4 is 4.74 Å². The van der Waals surface area contributed by atoms with Gasteiger partial charge in [0.15, 0.2) is 5.60 Å². The molecular weight excluding hydrogens is 374 g/mol. The molecule has 0 bridgehead atoms. The van der Waals surface area contributed by atoms with Crippen LogP contribution in [0.5, 0.6) is 5.75 Å². The number of ether oxygens (including phenoxy) is 2. The van der Waals surface area contributed by atoms with E-state index in [0.29, 0.717) is 6.61 Å². The van der Waals surface area contributed by atoms with Crippen molar-refractivity contribution in [3.05, 3.63) is 29.5 Å². The van der Waals surface area contributed by atoms with Gasteiger partial charge in [-0.2, -0.15) is 0 Å². The molecule has 1 aliphatic heterocycles. The molecule has 152 valence electrons. The number of carboxylic acid groups (broad SMARTS) is 3. The average molecular weight is 395 g/mol. The van der Waals surface area contributed by atoms with E-state index in [0.717, 1.165) is 18.8 Å². The number of aliphatic carboxylic acids is 3. The summed E-state index contributed by atoms with van der Waals surface area (Å²) in [4.78, 5) is 33.9. The minimum absolute atomic E-state index is 0.701. The Labute approximate surface area is 159 Å². The largest absolute Gasteiger partial charge is 0.497 e. The monoisotopic (exact) mass is 395 g/mol. The zero-order chi connectivity index (χ0) is 20.9. The second-order valence-electron chi connectivity index (χ2n) is 6.27. The maximum atomic E-state index is 10.3. The summed E-state index contributed by atoms with van der Waals surface area (Å²) in [6.45, 7) is 1.52. The van der Waals surface area contributed by atoms with Gasteiger partial charge < -0.3 is 34.9 Å². The number of carboxylic acids is 3. The van der Waals surface area contributed by atoms with Crippen LogP contribution in [0.15, 0.2) is 18.2 Å². The second kappa shape index (κ2) is 8.72. The van der Waals surface area contributed by atoms with Crippen LogP contribution in [0.4, 0.5) is 0 Å². The Bertz CT molecular complexity index is 871. The Kier molecular flexibility index (Phi) is 6.60. The Morgan fingerprint density at radius 1 is 1.18 bits per heavy atom. The smallest absolute Gasteiger partial charge is 0.336 e. The van der Waals surface area contributed by atoms with E-state index in [1.54, 1.807) is 7.11 Å². The fourth-order valence-corrected chi connectivity index (χ4v) is 2.88. The number of nitrogens with one attached hydrogen (secondary N) is 1. The third kappa shape index (κ3) is 4.99. The number of methoxy groups -OCH3 is 1. The summed E-state index contributed by atoms with van der Waals surface area (Å²) < 4.78 is 10.7. The van der Waals surface area contributed by atoms with Crippen molar-refractivity contribution in [2.24, 2.45) is 0 Å². The molecule has 2 aromatic rings. The van der Waals surface area contributed by atoms with E-state index in [1.807, 2.05) is 6.07 Å². The summed E-state index contributed by atoms with van der Waals surface area (Å²) >= 11 is 0. The van der Waals surface area contributed by atoms with Gasteiger partial charge in [0.2, 0.25) is 0 Å². The molecule has 1 aliphatic rings. The first kappa shape index (κ1) is 21.2. The quantitative estimate of drug-likeness (QED) is 0.479. The maximum absolute atomic E-state index is 10.3. The van der Waals surface area contributed by atoms with Gasteiger partial charge in [-0.3, -0.25) is 9.59 Å². The number of aliphatic hydroxyl groups is 1. The highest BCUT2D eigenvalue weighted by atomic mass is 16.5. The first-order chi connectivity index (χ1) is 13.2. The number of hydrogen-bond donors (Lipinski definition) is 5. The molecule has 2 heterocycles. The molecule has 0 saturated carbocycles. The molecule has 0 spiro atoms. The van der Waals surface area contributed by atoms with Gasteiger partial charge >= 0.3 is 17.9 Å². The number of aromatic amines is 1. The standard InChI is InChI=1S/C12H13NO2.C6H8O7/c1-14-8-2-3-11-10(6-8)9-4-5-15-7-12(9)13-11;7-3(8)1-6(13,5(11)12)2-4(9)10/h2-3,6,13H,4-5,7H2,1H3;13H,1-2H2,(H,7,8)(H,9,10)(H,11,12). The van der Waals surface area contributed by atoms with Crippen LogP contribution in [-0.2, 0) is 32.1 Å². The van der Waals surface area contributed by atoms with E-state index in [4.69, 9.17) is 29.9 Å². The highest BCUT2D eigenvalue weighted by molar-refractivity contribution is 5.88. The second-order valence-corrected chi connectivity index (χ2v) is 6.27. The zero-order valence-electron chi connectivity index (χ0n) is 15.1. The third-order valence-corrected chi connectivity index (χ3v) is 4.23. The molecule has 0 unspecified atom stereocenters. The summed E-state index contributed by atoms with van der Waals surface area (Å²) in [7, 11) is 1.70. The minimum atomic E-state index is -2.74. The molecule has 1 aromatic heterocycles. The zero-order valence-corrected chi connectivity index (χ0v) is 15.1. The number of benzene rings is 1. The van der Waals surface area contributed by atoms with Gasteiger partial charge in [-0.15, -0.1) is 0 Å². The molecular formula is C18H21NO9. The first-order valence-electron chi connectivity index (χ1n) is 8.31. The molecule has 28 heavy (non-hydrogen) atoms. The lowest BCUT2D eigenvalue weighted by atomic mass is 9.96. The van der Waals surface area contributed by atoms with Gasteiger partial charge in [-0.25, -0.2) is 4.79 Å². The van der Waals surface area contributed by atoms with E-state index in [2.05, 4.69) is 17.1 Å². The first-order valence-corrected chi connectivity index (χ1v) is 8.31. The minimum Gasteiger partial charge on any atom is -0.497 e. The summed E-state index contributed by atoms with van der Waals surface area (Å²) in [6.07, 6.45) is -1.30. The summed E-state index contributed by atoms with van der Waals surface area (Å²) in [5, 5.41) is 35.1. The molecule has 0 fully saturated rings. The molecule has 0 aliphatic carbocycles. The Balaban J connectivity index is 0.000000204. The van der Waals surface area contributed by atoms with Crippen LogP contribution in [0, 0.1) is 0 Å². The number of aromatic nitrogens is 1. The third-order valence-electron chi connectivity index (χ3n) is 4.23. The Hall–Kier alpha value is -3.11. The van der Waals surface area contributed by atoms with Crippen LogP contribution in [0.25, 0.3) is 10.9 Å². The van der Waals surface area contributed by atoms with E-state index in [9.17, 15) is 14.4 Å². The van der Waals surface area contributed by atoms with Crippen LogP contribution in [-0.4, -0.2) is 62.6 Å². The average Bonchev–Trinajstić information content (AvgIpc) is 2.98. The van der Waals surface area contributed by atoms with Crippen molar-refractivity contribution < 1.29 is 44.3 Å². The normalized spacial score (nSPS) is 13.2. The summed E-state index contributed by atoms with van der Waals surface area (Å²) in [5.41, 5.74) is 1.03. The SMILES string of the molecule is COc1ccc2[nH]c3c(c2c1)CCOC3.O=C(O)CC(O)(CC(=O)O)C(=O)O. The van der Waals surface area contributed by atoms with Crippen molar-refractivity contribution in [3.8, 4) is 5.75 Å². The van der Waals surface area contributed by atoms with Crippen molar-refractivity contribution in [2.75, 3.05) is 13.7 Å². The Morgan fingerprint density at radius 3 is 2.36 bits per heavy atom. The van der Waals surface area contributed by atoms with Crippen molar-refractivity contribution in [2.45, 2.75) is 31.5 Å². The maximum Gasteiger partial charge on any atom is 0.336 e. The topological polar surface area (TPSA) is 166 Å². The van der Waals surface area contributed by atoms with Gasteiger partial charge in [-0.05, 0) is 30.2 Å². The van der Waals surface area contributed by atoms with Crippen molar-refractivity contribution in [1.82, 2.24) is 4.98 Å². The molecule has 0 radical (unpaired) electrons. The molecule has 10 heteroatoms. The molecule has 10 nitrogen and oxygen atoms in total. The molecule has 0 atom stereocenters. The van der Waals surface area contributed by atoms with Gasteiger partial charge in [-0.1, -0.05) is 0 Å². The number of fused-ring (bicyclic) bond motifs is 3. The fourth-order valence-electron chi connectivity index (χ4n) is 2.88. The molecule has 0 saturated heterocycles. The Morgan fingerprint density at radius 2 is 1.82 bits per heavy atom. The number of hydrogen-bond acceptors (Lipinski definition) is 6. The predicted octanol–water partition coefficient (Wildman–Crippen LogP) is 1.00. The predicted molar refractivity (Wildman–Crippen MR) is 95.3 cm³/mol. The number of rotatable bonds is 6. The van der Waals surface area contributed by atoms with Gasteiger partial charge in [0.25, 0.3) is 0 Å². The number of H-pyrrole nitrogens is 1. The van der Waals surface area contributed by atoms with Crippen molar-refractivity contribution in [3.63, 3.8) is 0 Å². The number of carbonyl (C=O) groups is 3. The van der Waals surface area contributed by atoms with Crippen LogP contribution >= 0.6 is 0 Å². The van der Waals surface area contributed by atoms with Gasteiger partial charge in [0, 0.05) is 16.6 Å². The van der Waals surface area contributed by atoms with Gasteiger partial charge in [0.1, 0.15) is 5.75 Å². The molecule has 3 rings (SSSR count). The van der Waals surface area contributed by atoms with E-state index in [-0.39, 0.29) is 0 Å². The van der Waals surface area contributed by atoms with Crippen molar-refractivity contribution in [1.29, 1.82) is 0 Å². The van der Waals surface area contributed by atoms with E-state index < -0.39 is 36.4 Å². The van der Waals surface area contributed by atoms with E-state index >= 15 is 0 Å². The van der Waals surface area contributed by atoms with Crippen LogP contribution in [0.1, 0.15) is 24.1 Å². The molecule has 0 amide bonds. The molecule has 5 N–H and O–H groups in total.